The molecule has 4 rings (SSSR count). The van der Waals surface area contributed by atoms with Crippen molar-refractivity contribution in [3.8, 4) is 11.3 Å². The number of halogens is 3. The molecule has 0 fully saturated rings. The van der Waals surface area contributed by atoms with Crippen molar-refractivity contribution in [1.29, 1.82) is 0 Å². The minimum atomic E-state index is -4.39. The van der Waals surface area contributed by atoms with Crippen LogP contribution < -0.4 is 0 Å². The van der Waals surface area contributed by atoms with Crippen LogP contribution in [0.15, 0.2) is 91.0 Å². The molecule has 2 heterocycles. The topological polar surface area (TPSA) is 25.8 Å². The third-order valence-corrected chi connectivity index (χ3v) is 5.55. The molecule has 0 N–H and O–H groups in total. The monoisotopic (exact) mass is 432 g/mol. The molecule has 2 aromatic heterocycles. The lowest BCUT2D eigenvalue weighted by atomic mass is 9.84. The zero-order valence-electron chi connectivity index (χ0n) is 17.9. The highest BCUT2D eigenvalue weighted by Gasteiger charge is 2.31. The first kappa shape index (κ1) is 21.8. The summed E-state index contributed by atoms with van der Waals surface area (Å²) in [6.45, 7) is 4.06. The number of pyridine rings is 2. The van der Waals surface area contributed by atoms with Crippen molar-refractivity contribution in [3.63, 3.8) is 0 Å². The van der Waals surface area contributed by atoms with Gasteiger partial charge >= 0.3 is 6.18 Å². The number of rotatable bonds is 5. The first-order valence-electron chi connectivity index (χ1n) is 10.4. The fourth-order valence-electron chi connectivity index (χ4n) is 3.66. The Balaban J connectivity index is 1.66. The zero-order chi connectivity index (χ0) is 22.8. The molecular formula is C27H23F3N2. The van der Waals surface area contributed by atoms with Crippen molar-refractivity contribution in [2.24, 2.45) is 0 Å². The van der Waals surface area contributed by atoms with E-state index in [0.29, 0.717) is 11.3 Å². The Kier molecular flexibility index (Phi) is 5.83. The standard InChI is InChI=1S/C27H23F3N2/c1-26(2,24-15-7-13-22(31-24)17-19-9-4-3-5-10-19)25-16-8-14-23(32-25)20-11-6-12-21(18-20)27(28,29)30/h3-16,18H,17H2,1-2H3. The summed E-state index contributed by atoms with van der Waals surface area (Å²) in [5.74, 6) is 0. The van der Waals surface area contributed by atoms with Crippen molar-refractivity contribution in [3.05, 3.63) is 119 Å². The van der Waals surface area contributed by atoms with Gasteiger partial charge in [-0.25, -0.2) is 0 Å². The van der Waals surface area contributed by atoms with Gasteiger partial charge in [0.15, 0.2) is 0 Å². The molecule has 0 aliphatic heterocycles. The molecule has 0 bridgehead atoms. The van der Waals surface area contributed by atoms with Crippen molar-refractivity contribution >= 4 is 0 Å². The molecular weight excluding hydrogens is 409 g/mol. The smallest absolute Gasteiger partial charge is 0.257 e. The van der Waals surface area contributed by atoms with Crippen LogP contribution in [-0.2, 0) is 18.0 Å². The molecule has 0 spiro atoms. The third-order valence-electron chi connectivity index (χ3n) is 5.55. The van der Waals surface area contributed by atoms with Crippen LogP contribution >= 0.6 is 0 Å². The van der Waals surface area contributed by atoms with Gasteiger partial charge in [-0.3, -0.25) is 9.97 Å². The van der Waals surface area contributed by atoms with Gasteiger partial charge < -0.3 is 0 Å². The SMILES string of the molecule is CC(C)(c1cccc(Cc2ccccc2)n1)c1cccc(-c2cccc(C(F)(F)F)c2)n1. The maximum atomic E-state index is 13.1. The summed E-state index contributed by atoms with van der Waals surface area (Å²) in [5, 5.41) is 0. The third kappa shape index (κ3) is 4.72. The highest BCUT2D eigenvalue weighted by molar-refractivity contribution is 5.60. The van der Waals surface area contributed by atoms with E-state index in [4.69, 9.17) is 9.97 Å². The molecule has 2 nitrogen and oxygen atoms in total. The van der Waals surface area contributed by atoms with E-state index in [1.807, 2.05) is 62.4 Å². The summed E-state index contributed by atoms with van der Waals surface area (Å²) in [4.78, 5) is 9.60. The van der Waals surface area contributed by atoms with Gasteiger partial charge in [-0.2, -0.15) is 13.2 Å². The lowest BCUT2D eigenvalue weighted by Gasteiger charge is -2.25. The van der Waals surface area contributed by atoms with Crippen LogP contribution in [0.1, 0.15) is 42.1 Å². The second-order valence-electron chi connectivity index (χ2n) is 8.29. The van der Waals surface area contributed by atoms with Gasteiger partial charge in [-0.1, -0.05) is 54.6 Å². The maximum absolute atomic E-state index is 13.1. The van der Waals surface area contributed by atoms with Crippen LogP contribution in [0.4, 0.5) is 13.2 Å². The van der Waals surface area contributed by atoms with E-state index in [2.05, 4.69) is 12.1 Å². The minimum absolute atomic E-state index is 0.434. The van der Waals surface area contributed by atoms with Gasteiger partial charge in [0.05, 0.1) is 22.6 Å². The van der Waals surface area contributed by atoms with Crippen LogP contribution in [0.5, 0.6) is 0 Å². The highest BCUT2D eigenvalue weighted by Crippen LogP contribution is 2.34. The quantitative estimate of drug-likeness (QED) is 0.337. The van der Waals surface area contributed by atoms with E-state index in [0.717, 1.165) is 35.6 Å². The molecule has 2 aromatic carbocycles. The average Bonchev–Trinajstić information content (AvgIpc) is 2.79. The Hall–Kier alpha value is -3.47. The number of aromatic nitrogens is 2. The molecule has 5 heteroatoms. The first-order chi connectivity index (χ1) is 15.2. The van der Waals surface area contributed by atoms with Crippen molar-refractivity contribution < 1.29 is 13.2 Å². The van der Waals surface area contributed by atoms with E-state index in [-0.39, 0.29) is 0 Å². The Morgan fingerprint density at radius 2 is 1.34 bits per heavy atom. The molecule has 0 amide bonds. The Morgan fingerprint density at radius 1 is 0.688 bits per heavy atom. The summed E-state index contributed by atoms with van der Waals surface area (Å²) in [6, 6.07) is 26.8. The van der Waals surface area contributed by atoms with Gasteiger partial charge in [0.1, 0.15) is 0 Å². The second-order valence-corrected chi connectivity index (χ2v) is 8.29. The van der Waals surface area contributed by atoms with Crippen molar-refractivity contribution in [2.75, 3.05) is 0 Å². The average molecular weight is 432 g/mol. The predicted molar refractivity (Wildman–Crippen MR) is 120 cm³/mol. The molecule has 0 radical (unpaired) electrons. The predicted octanol–water partition coefficient (Wildman–Crippen LogP) is 7.08. The number of nitrogens with zero attached hydrogens (tertiary/aromatic N) is 2. The Bertz CT molecular complexity index is 1210. The normalized spacial score (nSPS) is 12.0. The van der Waals surface area contributed by atoms with Crippen LogP contribution in [0, 0.1) is 0 Å². The summed E-state index contributed by atoms with van der Waals surface area (Å²) in [7, 11) is 0. The van der Waals surface area contributed by atoms with Crippen molar-refractivity contribution in [1.82, 2.24) is 9.97 Å². The fourth-order valence-corrected chi connectivity index (χ4v) is 3.66. The number of hydrogen-bond donors (Lipinski definition) is 0. The van der Waals surface area contributed by atoms with Crippen LogP contribution in [0.3, 0.4) is 0 Å². The molecule has 162 valence electrons. The van der Waals surface area contributed by atoms with E-state index in [1.165, 1.54) is 11.6 Å². The molecule has 32 heavy (non-hydrogen) atoms. The van der Waals surface area contributed by atoms with Crippen LogP contribution in [-0.4, -0.2) is 9.97 Å². The summed E-state index contributed by atoms with van der Waals surface area (Å²) in [5.41, 5.74) is 3.47. The Morgan fingerprint density at radius 3 is 2.06 bits per heavy atom. The molecule has 0 atom stereocenters. The number of hydrogen-bond acceptors (Lipinski definition) is 2. The van der Waals surface area contributed by atoms with E-state index >= 15 is 0 Å². The lowest BCUT2D eigenvalue weighted by molar-refractivity contribution is -0.137. The van der Waals surface area contributed by atoms with E-state index in [9.17, 15) is 13.2 Å². The van der Waals surface area contributed by atoms with Crippen molar-refractivity contribution in [2.45, 2.75) is 31.9 Å². The van der Waals surface area contributed by atoms with Crippen LogP contribution in [0.2, 0.25) is 0 Å². The number of benzene rings is 2. The summed E-state index contributed by atoms with van der Waals surface area (Å²) in [6.07, 6.45) is -3.67. The lowest BCUT2D eigenvalue weighted by Crippen LogP contribution is -2.23. The van der Waals surface area contributed by atoms with E-state index < -0.39 is 17.2 Å². The first-order valence-corrected chi connectivity index (χ1v) is 10.4. The maximum Gasteiger partial charge on any atom is 0.416 e. The van der Waals surface area contributed by atoms with Gasteiger partial charge in [-0.15, -0.1) is 0 Å². The second kappa shape index (κ2) is 8.58. The molecule has 4 aromatic rings. The van der Waals surface area contributed by atoms with Crippen LogP contribution in [0.25, 0.3) is 11.3 Å². The molecule has 0 unspecified atom stereocenters. The Labute approximate surface area is 185 Å². The largest absolute Gasteiger partial charge is 0.416 e. The minimum Gasteiger partial charge on any atom is -0.257 e. The van der Waals surface area contributed by atoms with Gasteiger partial charge in [0, 0.05) is 23.1 Å². The van der Waals surface area contributed by atoms with Gasteiger partial charge in [0.25, 0.3) is 0 Å². The zero-order valence-corrected chi connectivity index (χ0v) is 17.9. The molecule has 0 aliphatic carbocycles. The fraction of sp³-hybridized carbons (Fsp3) is 0.185. The number of alkyl halides is 3. The van der Waals surface area contributed by atoms with Gasteiger partial charge in [0.2, 0.25) is 0 Å². The van der Waals surface area contributed by atoms with Gasteiger partial charge in [-0.05, 0) is 55.8 Å². The molecule has 0 saturated carbocycles. The highest BCUT2D eigenvalue weighted by atomic mass is 19.4. The van der Waals surface area contributed by atoms with E-state index in [1.54, 1.807) is 12.1 Å². The summed E-state index contributed by atoms with van der Waals surface area (Å²) < 4.78 is 39.4. The molecule has 0 saturated heterocycles. The molecule has 0 aliphatic rings. The summed E-state index contributed by atoms with van der Waals surface area (Å²) >= 11 is 0.